The van der Waals surface area contributed by atoms with Crippen LogP contribution in [0.3, 0.4) is 0 Å². The number of carboxylic acids is 1. The van der Waals surface area contributed by atoms with E-state index in [1.807, 2.05) is 30.5 Å². The number of amides is 3. The van der Waals surface area contributed by atoms with Crippen molar-refractivity contribution in [2.75, 3.05) is 6.54 Å². The molecule has 1 fully saturated rings. The van der Waals surface area contributed by atoms with Crippen LogP contribution in [0.4, 0.5) is 0 Å². The van der Waals surface area contributed by atoms with E-state index in [4.69, 9.17) is 5.73 Å². The Morgan fingerprint density at radius 3 is 2.64 bits per heavy atom. The van der Waals surface area contributed by atoms with E-state index in [0.29, 0.717) is 25.1 Å². The Kier molecular flexibility index (Phi) is 8.62. The number of para-hydroxylation sites is 1. The van der Waals surface area contributed by atoms with Crippen LogP contribution in [0.5, 0.6) is 0 Å². The fraction of sp³-hybridized carbons (Fsp3) is 0.423. The molecular weight excluding hydrogens is 506 g/mol. The fourth-order valence-corrected chi connectivity index (χ4v) is 4.88. The van der Waals surface area contributed by atoms with E-state index < -0.39 is 48.1 Å². The summed E-state index contributed by atoms with van der Waals surface area (Å²) in [4.78, 5) is 62.5. The van der Waals surface area contributed by atoms with Gasteiger partial charge >= 0.3 is 5.97 Å². The minimum Gasteiger partial charge on any atom is -0.480 e. The van der Waals surface area contributed by atoms with Gasteiger partial charge in [0.15, 0.2) is 6.04 Å². The van der Waals surface area contributed by atoms with Gasteiger partial charge in [0.05, 0.1) is 18.5 Å². The minimum absolute atomic E-state index is 0.00946. The van der Waals surface area contributed by atoms with Crippen LogP contribution in [0, 0.1) is 0 Å². The molecule has 1 aromatic carbocycles. The average molecular weight is 540 g/mol. The van der Waals surface area contributed by atoms with Crippen LogP contribution >= 0.6 is 0 Å². The van der Waals surface area contributed by atoms with Crippen LogP contribution in [-0.2, 0) is 32.0 Å². The van der Waals surface area contributed by atoms with Gasteiger partial charge in [0, 0.05) is 42.0 Å². The van der Waals surface area contributed by atoms with Crippen molar-refractivity contribution >= 4 is 34.6 Å². The molecule has 0 spiro atoms. The number of nitrogens with zero attached hydrogens (tertiary/aromatic N) is 2. The number of hydrogen-bond donors (Lipinski definition) is 7. The summed E-state index contributed by atoms with van der Waals surface area (Å²) in [5, 5.41) is 25.0. The maximum Gasteiger partial charge on any atom is 0.328 e. The van der Waals surface area contributed by atoms with Gasteiger partial charge in [-0.2, -0.15) is 0 Å². The lowest BCUT2D eigenvalue weighted by Crippen LogP contribution is -2.58. The van der Waals surface area contributed by atoms with E-state index >= 15 is 0 Å². The predicted octanol–water partition coefficient (Wildman–Crippen LogP) is -0.570. The summed E-state index contributed by atoms with van der Waals surface area (Å²) in [5.41, 5.74) is 8.66. The number of nitrogens with two attached hydrogens (primary N) is 1. The highest BCUT2D eigenvalue weighted by Crippen LogP contribution is 2.22. The molecule has 4 rings (SSSR count). The van der Waals surface area contributed by atoms with E-state index in [-0.39, 0.29) is 18.7 Å². The van der Waals surface area contributed by atoms with E-state index in [1.54, 1.807) is 0 Å². The molecular formula is C26H33N7O6. The number of carboxylic acid groups (broad SMARTS) is 1. The zero-order valence-corrected chi connectivity index (χ0v) is 21.5. The Hall–Kier alpha value is -4.23. The number of aromatic nitrogens is 3. The largest absolute Gasteiger partial charge is 0.480 e. The van der Waals surface area contributed by atoms with E-state index in [1.165, 1.54) is 24.3 Å². The summed E-state index contributed by atoms with van der Waals surface area (Å²) in [5.74, 6) is -3.13. The maximum absolute atomic E-state index is 13.3. The first-order valence-electron chi connectivity index (χ1n) is 12.8. The first kappa shape index (κ1) is 27.8. The van der Waals surface area contributed by atoms with E-state index in [0.717, 1.165) is 16.5 Å². The van der Waals surface area contributed by atoms with Crippen LogP contribution in [0.25, 0.3) is 10.9 Å². The Balaban J connectivity index is 1.45. The second-order valence-corrected chi connectivity index (χ2v) is 9.77. The number of aliphatic hydroxyl groups is 1. The van der Waals surface area contributed by atoms with Crippen LogP contribution in [-0.4, -0.2) is 90.6 Å². The van der Waals surface area contributed by atoms with E-state index in [2.05, 4.69) is 25.6 Å². The molecule has 0 aliphatic carbocycles. The Morgan fingerprint density at radius 2 is 1.95 bits per heavy atom. The van der Waals surface area contributed by atoms with Gasteiger partial charge in [0.25, 0.3) is 0 Å². The number of aliphatic hydroxyl groups excluding tert-OH is 1. The van der Waals surface area contributed by atoms with Crippen LogP contribution in [0.15, 0.2) is 43.0 Å². The number of aliphatic carboxylic acids is 1. The first-order valence-corrected chi connectivity index (χ1v) is 12.8. The second kappa shape index (κ2) is 12.1. The lowest BCUT2D eigenvalue weighted by Gasteiger charge is -2.28. The Bertz CT molecular complexity index is 1320. The van der Waals surface area contributed by atoms with Crippen molar-refractivity contribution in [2.24, 2.45) is 5.73 Å². The number of fused-ring (bicyclic) bond motifs is 1. The van der Waals surface area contributed by atoms with Crippen molar-refractivity contribution in [3.8, 4) is 0 Å². The monoisotopic (exact) mass is 539 g/mol. The van der Waals surface area contributed by atoms with E-state index in [9.17, 15) is 29.4 Å². The highest BCUT2D eigenvalue weighted by atomic mass is 16.4. The highest BCUT2D eigenvalue weighted by Gasteiger charge is 2.38. The molecule has 0 bridgehead atoms. The van der Waals surface area contributed by atoms with Gasteiger partial charge in [-0.25, -0.2) is 9.78 Å². The number of aromatic amines is 2. The molecule has 0 saturated carbocycles. The molecule has 3 aromatic rings. The summed E-state index contributed by atoms with van der Waals surface area (Å²) in [6.07, 6.45) is 4.60. The van der Waals surface area contributed by atoms with Crippen molar-refractivity contribution in [1.82, 2.24) is 30.5 Å². The molecule has 13 nitrogen and oxygen atoms in total. The molecule has 1 aliphatic rings. The van der Waals surface area contributed by atoms with Crippen molar-refractivity contribution < 1.29 is 29.4 Å². The molecule has 5 atom stereocenters. The van der Waals surface area contributed by atoms with Crippen LogP contribution < -0.4 is 16.4 Å². The fourth-order valence-electron chi connectivity index (χ4n) is 4.88. The molecule has 13 heteroatoms. The lowest BCUT2D eigenvalue weighted by molar-refractivity contribution is -0.145. The SMILES string of the molecule is CC(O)C(NC(=O)C(Cc1cnc[nH]1)NC(=O)C1CCCN1C(=O)C(N)Cc1c[nH]c2ccccc12)C(=O)O. The number of carbonyl (C=O) groups excluding carboxylic acids is 3. The van der Waals surface area contributed by atoms with Gasteiger partial charge in [0.1, 0.15) is 12.1 Å². The smallest absolute Gasteiger partial charge is 0.328 e. The van der Waals surface area contributed by atoms with Gasteiger partial charge in [-0.3, -0.25) is 14.4 Å². The van der Waals surface area contributed by atoms with Gasteiger partial charge in [-0.15, -0.1) is 0 Å². The van der Waals surface area contributed by atoms with Crippen molar-refractivity contribution in [3.63, 3.8) is 0 Å². The lowest BCUT2D eigenvalue weighted by atomic mass is 10.0. The molecule has 3 heterocycles. The number of imidazole rings is 1. The summed E-state index contributed by atoms with van der Waals surface area (Å²) < 4.78 is 0. The van der Waals surface area contributed by atoms with Crippen LogP contribution in [0.2, 0.25) is 0 Å². The molecule has 1 aliphatic heterocycles. The first-order chi connectivity index (χ1) is 18.7. The second-order valence-electron chi connectivity index (χ2n) is 9.77. The number of benzene rings is 1. The predicted molar refractivity (Wildman–Crippen MR) is 140 cm³/mol. The number of nitrogens with one attached hydrogen (secondary N) is 4. The average Bonchev–Trinajstić information content (AvgIpc) is 3.67. The third-order valence-electron chi connectivity index (χ3n) is 6.93. The standard InChI is InChI=1S/C26H33N7O6/c1-14(34)22(26(38)39)32-23(35)20(10-16-12-28-13-30-16)31-24(36)21-7-4-8-33(21)25(37)18(27)9-15-11-29-19-6-3-2-5-17(15)19/h2-3,5-6,11-14,18,20-22,29,34H,4,7-10,27H2,1H3,(H,28,30)(H,31,36)(H,32,35)(H,38,39). The number of carbonyl (C=O) groups is 4. The third kappa shape index (κ3) is 6.44. The van der Waals surface area contributed by atoms with Gasteiger partial charge in [-0.1, -0.05) is 18.2 Å². The molecule has 2 aromatic heterocycles. The summed E-state index contributed by atoms with van der Waals surface area (Å²) in [6.45, 7) is 1.59. The quantitative estimate of drug-likeness (QED) is 0.167. The van der Waals surface area contributed by atoms with Crippen LogP contribution in [0.1, 0.15) is 31.0 Å². The number of rotatable bonds is 11. The molecule has 1 saturated heterocycles. The number of hydrogen-bond acceptors (Lipinski definition) is 7. The molecule has 3 amide bonds. The zero-order chi connectivity index (χ0) is 28.1. The topological polar surface area (TPSA) is 207 Å². The van der Waals surface area contributed by atoms with Gasteiger partial charge in [0.2, 0.25) is 17.7 Å². The summed E-state index contributed by atoms with van der Waals surface area (Å²) in [7, 11) is 0. The molecule has 39 heavy (non-hydrogen) atoms. The summed E-state index contributed by atoms with van der Waals surface area (Å²) in [6, 6.07) is 3.24. The van der Waals surface area contributed by atoms with Crippen molar-refractivity contribution in [1.29, 1.82) is 0 Å². The maximum atomic E-state index is 13.3. The van der Waals surface area contributed by atoms with Crippen molar-refractivity contribution in [2.45, 2.75) is 62.9 Å². The van der Waals surface area contributed by atoms with Crippen molar-refractivity contribution in [3.05, 3.63) is 54.2 Å². The number of H-pyrrole nitrogens is 2. The number of likely N-dealkylation sites (tertiary alicyclic amines) is 1. The molecule has 8 N–H and O–H groups in total. The Morgan fingerprint density at radius 1 is 1.18 bits per heavy atom. The normalized spacial score (nSPS) is 18.3. The Labute approximate surface area is 224 Å². The summed E-state index contributed by atoms with van der Waals surface area (Å²) >= 11 is 0. The van der Waals surface area contributed by atoms with Gasteiger partial charge < -0.3 is 41.4 Å². The molecule has 0 radical (unpaired) electrons. The van der Waals surface area contributed by atoms with Gasteiger partial charge in [-0.05, 0) is 37.8 Å². The highest BCUT2D eigenvalue weighted by molar-refractivity contribution is 5.95. The zero-order valence-electron chi connectivity index (χ0n) is 21.5. The molecule has 5 unspecified atom stereocenters. The molecule has 208 valence electrons. The third-order valence-corrected chi connectivity index (χ3v) is 6.93. The minimum atomic E-state index is -1.56.